The molecule has 0 aliphatic carbocycles. The van der Waals surface area contributed by atoms with Crippen molar-refractivity contribution in [2.75, 3.05) is 25.0 Å². The summed E-state index contributed by atoms with van der Waals surface area (Å²) in [6.45, 7) is 8.40. The van der Waals surface area contributed by atoms with Gasteiger partial charge in [-0.15, -0.1) is 0 Å². The number of aromatic nitrogens is 2. The highest BCUT2D eigenvalue weighted by atomic mass is 32.2. The summed E-state index contributed by atoms with van der Waals surface area (Å²) in [5.74, 6) is 1.35. The monoisotopic (exact) mass is 425 g/mol. The molecule has 0 radical (unpaired) electrons. The van der Waals surface area contributed by atoms with Crippen molar-refractivity contribution in [2.45, 2.75) is 51.3 Å². The molecule has 0 spiro atoms. The van der Waals surface area contributed by atoms with Crippen molar-refractivity contribution in [1.82, 2.24) is 14.4 Å². The van der Waals surface area contributed by atoms with E-state index in [1.807, 2.05) is 13.8 Å². The summed E-state index contributed by atoms with van der Waals surface area (Å²) in [6, 6.07) is 3.91. The van der Waals surface area contributed by atoms with E-state index in [1.54, 1.807) is 13.8 Å². The van der Waals surface area contributed by atoms with Crippen LogP contribution in [0.5, 0.6) is 0 Å². The Morgan fingerprint density at radius 1 is 1.28 bits per heavy atom. The number of nitrogens with one attached hydrogen (secondary N) is 1. The second-order valence-corrected chi connectivity index (χ2v) is 8.69. The van der Waals surface area contributed by atoms with E-state index in [1.165, 1.54) is 16.4 Å². The molecule has 0 fully saturated rings. The second-order valence-electron chi connectivity index (χ2n) is 6.76. The number of nitro groups is 1. The van der Waals surface area contributed by atoms with Crippen molar-refractivity contribution in [3.05, 3.63) is 40.0 Å². The molecule has 10 nitrogen and oxygen atoms in total. The van der Waals surface area contributed by atoms with Crippen molar-refractivity contribution in [3.63, 3.8) is 0 Å². The number of sulfonamides is 1. The van der Waals surface area contributed by atoms with Crippen molar-refractivity contribution in [2.24, 2.45) is 0 Å². The van der Waals surface area contributed by atoms with Crippen LogP contribution in [0.3, 0.4) is 0 Å². The van der Waals surface area contributed by atoms with Crippen LogP contribution in [0.4, 0.5) is 11.4 Å². The molecule has 11 heteroatoms. The number of aryl methyl sites for hydroxylation is 1. The van der Waals surface area contributed by atoms with E-state index in [0.29, 0.717) is 44.2 Å². The van der Waals surface area contributed by atoms with Crippen molar-refractivity contribution in [3.8, 4) is 0 Å². The Morgan fingerprint density at radius 2 is 1.97 bits per heavy atom. The third kappa shape index (κ3) is 5.51. The quantitative estimate of drug-likeness (QED) is 0.330. The van der Waals surface area contributed by atoms with Crippen LogP contribution in [0.1, 0.15) is 51.7 Å². The van der Waals surface area contributed by atoms with Crippen LogP contribution in [-0.2, 0) is 16.4 Å². The fraction of sp³-hybridized carbons (Fsp3) is 0.556. The highest BCUT2D eigenvalue weighted by molar-refractivity contribution is 7.89. The molecule has 0 bridgehead atoms. The lowest BCUT2D eigenvalue weighted by molar-refractivity contribution is -0.384. The van der Waals surface area contributed by atoms with Gasteiger partial charge in [0.25, 0.3) is 5.69 Å². The SMILES string of the molecule is CCN(CC)S(=O)(=O)c1ccc(NCCCc2nc(C(C)C)no2)c([N+](=O)[O-])c1. The van der Waals surface area contributed by atoms with E-state index in [2.05, 4.69) is 15.5 Å². The first-order chi connectivity index (χ1) is 13.7. The molecular formula is C18H27N5O5S. The van der Waals surface area contributed by atoms with Gasteiger partial charge in [-0.3, -0.25) is 10.1 Å². The highest BCUT2D eigenvalue weighted by Crippen LogP contribution is 2.29. The van der Waals surface area contributed by atoms with Crippen LogP contribution in [0.25, 0.3) is 0 Å². The Kier molecular flexibility index (Phi) is 7.68. The Hall–Kier alpha value is -2.53. The molecule has 0 atom stereocenters. The lowest BCUT2D eigenvalue weighted by Gasteiger charge is -2.18. The first-order valence-corrected chi connectivity index (χ1v) is 11.0. The van der Waals surface area contributed by atoms with Gasteiger partial charge < -0.3 is 9.84 Å². The van der Waals surface area contributed by atoms with E-state index < -0.39 is 14.9 Å². The molecule has 2 aromatic rings. The smallest absolute Gasteiger partial charge is 0.293 e. The van der Waals surface area contributed by atoms with Gasteiger partial charge >= 0.3 is 0 Å². The summed E-state index contributed by atoms with van der Waals surface area (Å²) in [5, 5.41) is 18.3. The van der Waals surface area contributed by atoms with Gasteiger partial charge in [0.2, 0.25) is 15.9 Å². The van der Waals surface area contributed by atoms with Gasteiger partial charge in [0, 0.05) is 38.0 Å². The number of nitro benzene ring substituents is 1. The number of benzene rings is 1. The lowest BCUT2D eigenvalue weighted by atomic mass is 10.2. The maximum Gasteiger partial charge on any atom is 0.293 e. The molecule has 160 valence electrons. The predicted octanol–water partition coefficient (Wildman–Crippen LogP) is 3.18. The zero-order valence-corrected chi connectivity index (χ0v) is 17.9. The second kappa shape index (κ2) is 9.79. The first kappa shape index (κ1) is 22.8. The average molecular weight is 426 g/mol. The maximum atomic E-state index is 12.6. The fourth-order valence-electron chi connectivity index (χ4n) is 2.75. The summed E-state index contributed by atoms with van der Waals surface area (Å²) in [5.41, 5.74) is -0.0139. The lowest BCUT2D eigenvalue weighted by Crippen LogP contribution is -2.30. The highest BCUT2D eigenvalue weighted by Gasteiger charge is 2.25. The fourth-order valence-corrected chi connectivity index (χ4v) is 4.23. The predicted molar refractivity (Wildman–Crippen MR) is 108 cm³/mol. The minimum atomic E-state index is -3.77. The van der Waals surface area contributed by atoms with Gasteiger partial charge in [0.1, 0.15) is 5.69 Å². The van der Waals surface area contributed by atoms with Gasteiger partial charge in [-0.2, -0.15) is 9.29 Å². The number of nitrogens with zero attached hydrogens (tertiary/aromatic N) is 4. The minimum Gasteiger partial charge on any atom is -0.379 e. The third-order valence-electron chi connectivity index (χ3n) is 4.39. The van der Waals surface area contributed by atoms with E-state index in [-0.39, 0.29) is 22.2 Å². The molecule has 0 aliphatic rings. The van der Waals surface area contributed by atoms with E-state index >= 15 is 0 Å². The topological polar surface area (TPSA) is 131 Å². The van der Waals surface area contributed by atoms with Crippen LogP contribution >= 0.6 is 0 Å². The van der Waals surface area contributed by atoms with Crippen molar-refractivity contribution in [1.29, 1.82) is 0 Å². The largest absolute Gasteiger partial charge is 0.379 e. The number of anilines is 1. The molecular weight excluding hydrogens is 398 g/mol. The van der Waals surface area contributed by atoms with Gasteiger partial charge in [-0.1, -0.05) is 32.9 Å². The van der Waals surface area contributed by atoms with Gasteiger partial charge in [-0.25, -0.2) is 8.42 Å². The summed E-state index contributed by atoms with van der Waals surface area (Å²) in [7, 11) is -3.77. The van der Waals surface area contributed by atoms with Gasteiger partial charge in [-0.05, 0) is 18.6 Å². The zero-order valence-electron chi connectivity index (χ0n) is 17.1. The Bertz CT molecular complexity index is 938. The molecule has 0 saturated heterocycles. The maximum absolute atomic E-state index is 12.6. The molecule has 1 aromatic heterocycles. The van der Waals surface area contributed by atoms with Crippen molar-refractivity contribution >= 4 is 21.4 Å². The molecule has 1 aromatic carbocycles. The molecule has 1 N–H and O–H groups in total. The molecule has 1 heterocycles. The number of rotatable bonds is 11. The summed E-state index contributed by atoms with van der Waals surface area (Å²) in [4.78, 5) is 15.1. The third-order valence-corrected chi connectivity index (χ3v) is 6.44. The molecule has 0 aliphatic heterocycles. The Morgan fingerprint density at radius 3 is 2.52 bits per heavy atom. The van der Waals surface area contributed by atoms with Crippen LogP contribution in [0, 0.1) is 10.1 Å². The molecule has 2 rings (SSSR count). The normalized spacial score (nSPS) is 11.9. The first-order valence-electron chi connectivity index (χ1n) is 9.55. The Labute approximate surface area is 170 Å². The minimum absolute atomic E-state index is 0.0921. The summed E-state index contributed by atoms with van der Waals surface area (Å²) < 4.78 is 31.6. The summed E-state index contributed by atoms with van der Waals surface area (Å²) in [6.07, 6.45) is 1.16. The molecule has 0 unspecified atom stereocenters. The van der Waals surface area contributed by atoms with Crippen LogP contribution < -0.4 is 5.32 Å². The van der Waals surface area contributed by atoms with Crippen LogP contribution in [-0.4, -0.2) is 47.4 Å². The number of hydrogen-bond donors (Lipinski definition) is 1. The van der Waals surface area contributed by atoms with E-state index in [4.69, 9.17) is 4.52 Å². The van der Waals surface area contributed by atoms with Crippen LogP contribution in [0.15, 0.2) is 27.6 Å². The van der Waals surface area contributed by atoms with Crippen LogP contribution in [0.2, 0.25) is 0 Å². The molecule has 29 heavy (non-hydrogen) atoms. The molecule has 0 amide bonds. The summed E-state index contributed by atoms with van der Waals surface area (Å²) >= 11 is 0. The number of hydrogen-bond acceptors (Lipinski definition) is 8. The molecule has 0 saturated carbocycles. The van der Waals surface area contributed by atoms with E-state index in [9.17, 15) is 18.5 Å². The Balaban J connectivity index is 2.07. The van der Waals surface area contributed by atoms with Gasteiger partial charge in [0.15, 0.2) is 5.82 Å². The average Bonchev–Trinajstić information content (AvgIpc) is 3.15. The van der Waals surface area contributed by atoms with Crippen molar-refractivity contribution < 1.29 is 17.9 Å². The standard InChI is InChI=1S/C18H27N5O5S/c1-5-22(6-2)29(26,27)14-9-10-15(16(12-14)23(24)25)19-11-7-8-17-20-18(13(3)4)21-28-17/h9-10,12-13,19H,5-8,11H2,1-4H3. The van der Waals surface area contributed by atoms with E-state index in [0.717, 1.165) is 6.07 Å². The zero-order chi connectivity index (χ0) is 21.6. The van der Waals surface area contributed by atoms with Gasteiger partial charge in [0.05, 0.1) is 9.82 Å².